The van der Waals surface area contributed by atoms with Crippen LogP contribution >= 0.6 is 0 Å². The average Bonchev–Trinajstić information content (AvgIpc) is 2.18. The number of hydrogen-bond donors (Lipinski definition) is 1. The van der Waals surface area contributed by atoms with Crippen LogP contribution < -0.4 is 10.5 Å². The highest BCUT2D eigenvalue weighted by atomic mass is 16.5. The Kier molecular flexibility index (Phi) is 4.84. The second-order valence-electron chi connectivity index (χ2n) is 3.54. The van der Waals surface area contributed by atoms with E-state index in [1.54, 1.807) is 6.07 Å². The van der Waals surface area contributed by atoms with Crippen molar-refractivity contribution in [3.8, 4) is 5.75 Å². The van der Waals surface area contributed by atoms with Gasteiger partial charge in [-0.3, -0.25) is 4.79 Å². The summed E-state index contributed by atoms with van der Waals surface area (Å²) >= 11 is 0. The first-order valence-electron chi connectivity index (χ1n) is 5.20. The molecule has 0 amide bonds. The lowest BCUT2D eigenvalue weighted by Gasteiger charge is -2.04. The average molecular weight is 207 g/mol. The van der Waals surface area contributed by atoms with Gasteiger partial charge in [-0.2, -0.15) is 0 Å². The van der Waals surface area contributed by atoms with Crippen molar-refractivity contribution in [1.29, 1.82) is 0 Å². The molecule has 0 saturated carbocycles. The Balaban J connectivity index is 2.37. The van der Waals surface area contributed by atoms with Crippen molar-refractivity contribution >= 4 is 5.97 Å². The minimum Gasteiger partial charge on any atom is -0.427 e. The van der Waals surface area contributed by atoms with Crippen LogP contribution in [0.5, 0.6) is 5.75 Å². The molecule has 82 valence electrons. The maximum atomic E-state index is 11.3. The lowest BCUT2D eigenvalue weighted by molar-refractivity contribution is -0.134. The molecule has 0 radical (unpaired) electrons. The maximum Gasteiger partial charge on any atom is 0.311 e. The number of aryl methyl sites for hydroxylation is 1. The molecule has 0 unspecified atom stereocenters. The summed E-state index contributed by atoms with van der Waals surface area (Å²) in [6.45, 7) is 2.59. The van der Waals surface area contributed by atoms with Gasteiger partial charge >= 0.3 is 5.97 Å². The van der Waals surface area contributed by atoms with Crippen molar-refractivity contribution in [3.63, 3.8) is 0 Å². The van der Waals surface area contributed by atoms with Crippen LogP contribution in [0.4, 0.5) is 0 Å². The van der Waals surface area contributed by atoms with Gasteiger partial charge in [0.1, 0.15) is 5.75 Å². The maximum absolute atomic E-state index is 11.3. The number of carbonyl (C=O) groups excluding carboxylic acids is 1. The zero-order valence-electron chi connectivity index (χ0n) is 9.03. The first-order chi connectivity index (χ1) is 7.22. The minimum absolute atomic E-state index is 0.186. The number of benzene rings is 1. The van der Waals surface area contributed by atoms with E-state index in [2.05, 4.69) is 0 Å². The summed E-state index contributed by atoms with van der Waals surface area (Å²) in [6, 6.07) is 7.47. The number of unbranched alkanes of at least 4 members (excludes halogenated alkanes) is 1. The molecule has 1 rings (SSSR count). The number of ether oxygens (including phenoxy) is 1. The van der Waals surface area contributed by atoms with Gasteiger partial charge in [-0.25, -0.2) is 0 Å². The summed E-state index contributed by atoms with van der Waals surface area (Å²) in [7, 11) is 0. The number of esters is 1. The van der Waals surface area contributed by atoms with Gasteiger partial charge in [0.15, 0.2) is 0 Å². The van der Waals surface area contributed by atoms with Crippen molar-refractivity contribution < 1.29 is 9.53 Å². The third-order valence-electron chi connectivity index (χ3n) is 2.06. The quantitative estimate of drug-likeness (QED) is 0.456. The molecule has 0 spiro atoms. The molecule has 0 heterocycles. The summed E-state index contributed by atoms with van der Waals surface area (Å²) < 4.78 is 5.16. The van der Waals surface area contributed by atoms with Crippen molar-refractivity contribution in [3.05, 3.63) is 29.8 Å². The molecule has 0 saturated heterocycles. The highest BCUT2D eigenvalue weighted by molar-refractivity contribution is 5.72. The third kappa shape index (κ3) is 4.61. The van der Waals surface area contributed by atoms with E-state index in [1.165, 1.54) is 0 Å². The Hall–Kier alpha value is -1.35. The van der Waals surface area contributed by atoms with E-state index in [0.29, 0.717) is 18.7 Å². The van der Waals surface area contributed by atoms with Crippen LogP contribution in [0.1, 0.15) is 24.8 Å². The lowest BCUT2D eigenvalue weighted by atomic mass is 10.2. The molecule has 1 aromatic rings. The zero-order valence-corrected chi connectivity index (χ0v) is 9.03. The van der Waals surface area contributed by atoms with E-state index >= 15 is 0 Å². The van der Waals surface area contributed by atoms with Crippen molar-refractivity contribution in [2.45, 2.75) is 26.2 Å². The molecule has 0 aromatic heterocycles. The van der Waals surface area contributed by atoms with Gasteiger partial charge in [-0.05, 0) is 44.0 Å². The van der Waals surface area contributed by atoms with E-state index < -0.39 is 0 Å². The second-order valence-corrected chi connectivity index (χ2v) is 3.54. The normalized spacial score (nSPS) is 10.0. The molecule has 15 heavy (non-hydrogen) atoms. The molecule has 0 atom stereocenters. The second kappa shape index (κ2) is 6.19. The lowest BCUT2D eigenvalue weighted by Crippen LogP contribution is -2.08. The van der Waals surface area contributed by atoms with Crippen LogP contribution in [-0.2, 0) is 4.79 Å². The first kappa shape index (κ1) is 11.7. The molecule has 0 bridgehead atoms. The molecule has 0 fully saturated rings. The summed E-state index contributed by atoms with van der Waals surface area (Å²) in [5.41, 5.74) is 6.42. The fourth-order valence-electron chi connectivity index (χ4n) is 1.27. The predicted molar refractivity (Wildman–Crippen MR) is 59.7 cm³/mol. The van der Waals surface area contributed by atoms with Crippen molar-refractivity contribution in [2.75, 3.05) is 6.54 Å². The Morgan fingerprint density at radius 1 is 1.40 bits per heavy atom. The van der Waals surface area contributed by atoms with E-state index in [1.807, 2.05) is 25.1 Å². The summed E-state index contributed by atoms with van der Waals surface area (Å²) in [4.78, 5) is 11.3. The van der Waals surface area contributed by atoms with Crippen LogP contribution in [0.3, 0.4) is 0 Å². The fourth-order valence-corrected chi connectivity index (χ4v) is 1.27. The van der Waals surface area contributed by atoms with Gasteiger partial charge in [-0.1, -0.05) is 12.1 Å². The number of hydrogen-bond acceptors (Lipinski definition) is 3. The summed E-state index contributed by atoms with van der Waals surface area (Å²) in [5, 5.41) is 0. The number of carbonyl (C=O) groups is 1. The van der Waals surface area contributed by atoms with Gasteiger partial charge in [0.05, 0.1) is 0 Å². The standard InChI is InChI=1S/C12H17NO2/c1-10-5-4-6-11(9-10)15-12(14)7-2-3-8-13/h4-6,9H,2-3,7-8,13H2,1H3. The molecule has 3 nitrogen and oxygen atoms in total. The Bertz CT molecular complexity index is 323. The topological polar surface area (TPSA) is 52.3 Å². The molecule has 0 aliphatic heterocycles. The first-order valence-corrected chi connectivity index (χ1v) is 5.20. The minimum atomic E-state index is -0.186. The van der Waals surface area contributed by atoms with E-state index in [0.717, 1.165) is 18.4 Å². The van der Waals surface area contributed by atoms with E-state index in [4.69, 9.17) is 10.5 Å². The van der Waals surface area contributed by atoms with E-state index in [9.17, 15) is 4.79 Å². The molecule has 2 N–H and O–H groups in total. The van der Waals surface area contributed by atoms with Crippen LogP contribution in [-0.4, -0.2) is 12.5 Å². The SMILES string of the molecule is Cc1cccc(OC(=O)CCCCN)c1. The van der Waals surface area contributed by atoms with Crippen LogP contribution in [0.15, 0.2) is 24.3 Å². The summed E-state index contributed by atoms with van der Waals surface area (Å²) in [5.74, 6) is 0.432. The summed E-state index contributed by atoms with van der Waals surface area (Å²) in [6.07, 6.45) is 2.09. The molecule has 1 aromatic carbocycles. The Morgan fingerprint density at radius 2 is 2.20 bits per heavy atom. The highest BCUT2D eigenvalue weighted by Gasteiger charge is 2.03. The molecule has 0 aliphatic rings. The van der Waals surface area contributed by atoms with Gasteiger partial charge in [0, 0.05) is 6.42 Å². The van der Waals surface area contributed by atoms with Crippen LogP contribution in [0.2, 0.25) is 0 Å². The van der Waals surface area contributed by atoms with Crippen molar-refractivity contribution in [2.24, 2.45) is 5.73 Å². The Labute approximate surface area is 90.2 Å². The monoisotopic (exact) mass is 207 g/mol. The van der Waals surface area contributed by atoms with Crippen LogP contribution in [0.25, 0.3) is 0 Å². The predicted octanol–water partition coefficient (Wildman–Crippen LogP) is 2.03. The largest absolute Gasteiger partial charge is 0.427 e. The Morgan fingerprint density at radius 3 is 2.87 bits per heavy atom. The smallest absolute Gasteiger partial charge is 0.311 e. The molecular weight excluding hydrogens is 190 g/mol. The molecule has 0 aliphatic carbocycles. The highest BCUT2D eigenvalue weighted by Crippen LogP contribution is 2.13. The molecule has 3 heteroatoms. The van der Waals surface area contributed by atoms with Crippen LogP contribution in [0, 0.1) is 6.92 Å². The van der Waals surface area contributed by atoms with E-state index in [-0.39, 0.29) is 5.97 Å². The zero-order chi connectivity index (χ0) is 11.1. The fraction of sp³-hybridized carbons (Fsp3) is 0.417. The number of rotatable bonds is 5. The van der Waals surface area contributed by atoms with Gasteiger partial charge in [0.25, 0.3) is 0 Å². The van der Waals surface area contributed by atoms with Crippen molar-refractivity contribution in [1.82, 2.24) is 0 Å². The van der Waals surface area contributed by atoms with Gasteiger partial charge in [-0.15, -0.1) is 0 Å². The van der Waals surface area contributed by atoms with Gasteiger partial charge in [0.2, 0.25) is 0 Å². The molecular formula is C12H17NO2. The number of nitrogens with two attached hydrogens (primary N) is 1. The van der Waals surface area contributed by atoms with Gasteiger partial charge < -0.3 is 10.5 Å². The third-order valence-corrected chi connectivity index (χ3v) is 2.06.